The lowest BCUT2D eigenvalue weighted by atomic mass is 10.2. The minimum atomic E-state index is -1.31. The average molecular weight is 277 g/mol. The fourth-order valence-electron chi connectivity index (χ4n) is 1.96. The molecule has 0 radical (unpaired) electrons. The van der Waals surface area contributed by atoms with Crippen molar-refractivity contribution in [2.24, 2.45) is 5.10 Å². The molecule has 0 saturated heterocycles. The molecule has 0 heterocycles. The molecule has 0 aliphatic carbocycles. The van der Waals surface area contributed by atoms with E-state index in [2.05, 4.69) is 44.1 Å². The number of unbranched alkanes of at least 4 members (excludes halogenated alkanes) is 3. The summed E-state index contributed by atoms with van der Waals surface area (Å²) in [6, 6.07) is 10.2. The van der Waals surface area contributed by atoms with Crippen LogP contribution < -0.4 is 5.43 Å². The maximum Gasteiger partial charge on any atom is 0.0982 e. The van der Waals surface area contributed by atoms with Gasteiger partial charge in [0, 0.05) is 5.33 Å². The number of nitrogens with zero attached hydrogens (tertiary/aromatic N) is 1. The van der Waals surface area contributed by atoms with Crippen molar-refractivity contribution in [3.8, 4) is 0 Å². The van der Waals surface area contributed by atoms with Crippen molar-refractivity contribution in [3.05, 3.63) is 30.3 Å². The van der Waals surface area contributed by atoms with Gasteiger partial charge < -0.3 is 0 Å². The molecule has 0 bridgehead atoms. The van der Waals surface area contributed by atoms with E-state index in [9.17, 15) is 0 Å². The SMILES string of the molecule is CCCCCC/C(=N/Nc1ccccc1)[Si](C)(C)C. The van der Waals surface area contributed by atoms with Gasteiger partial charge in [-0.05, 0) is 25.0 Å². The van der Waals surface area contributed by atoms with Gasteiger partial charge in [-0.2, -0.15) is 5.10 Å². The number of hydrazone groups is 1. The summed E-state index contributed by atoms with van der Waals surface area (Å²) in [5.74, 6) is 0. The third-order valence-corrected chi connectivity index (χ3v) is 5.32. The predicted molar refractivity (Wildman–Crippen MR) is 89.6 cm³/mol. The number of hydrogen-bond acceptors (Lipinski definition) is 2. The zero-order valence-corrected chi connectivity index (χ0v) is 13.9. The van der Waals surface area contributed by atoms with Crippen molar-refractivity contribution in [1.82, 2.24) is 0 Å². The minimum Gasteiger partial charge on any atom is -0.279 e. The van der Waals surface area contributed by atoms with Crippen LogP contribution in [0.5, 0.6) is 0 Å². The summed E-state index contributed by atoms with van der Waals surface area (Å²) in [5, 5.41) is 6.09. The minimum absolute atomic E-state index is 1.08. The Labute approximate surface area is 119 Å². The van der Waals surface area contributed by atoms with Gasteiger partial charge in [0.05, 0.1) is 13.8 Å². The largest absolute Gasteiger partial charge is 0.279 e. The molecule has 0 aromatic heterocycles. The Morgan fingerprint density at radius 1 is 1.05 bits per heavy atom. The summed E-state index contributed by atoms with van der Waals surface area (Å²) >= 11 is 0. The van der Waals surface area contributed by atoms with E-state index in [-0.39, 0.29) is 0 Å². The average Bonchev–Trinajstić information content (AvgIpc) is 2.37. The normalized spacial score (nSPS) is 12.5. The molecule has 3 heteroatoms. The van der Waals surface area contributed by atoms with E-state index in [1.165, 1.54) is 31.0 Å². The highest BCUT2D eigenvalue weighted by Crippen LogP contribution is 2.14. The predicted octanol–water partition coefficient (Wildman–Crippen LogP) is 5.30. The lowest BCUT2D eigenvalue weighted by molar-refractivity contribution is 0.684. The first-order valence-electron chi connectivity index (χ1n) is 7.42. The Hall–Kier alpha value is -1.09. The molecule has 0 aliphatic heterocycles. The van der Waals surface area contributed by atoms with Crippen LogP contribution in [0.4, 0.5) is 5.69 Å². The zero-order chi connectivity index (χ0) is 14.1. The summed E-state index contributed by atoms with van der Waals surface area (Å²) in [7, 11) is -1.31. The highest BCUT2D eigenvalue weighted by Gasteiger charge is 2.21. The van der Waals surface area contributed by atoms with E-state index >= 15 is 0 Å². The highest BCUT2D eigenvalue weighted by molar-refractivity contribution is 7.04. The fraction of sp³-hybridized carbons (Fsp3) is 0.562. The van der Waals surface area contributed by atoms with Crippen LogP contribution in [0.15, 0.2) is 35.4 Å². The topological polar surface area (TPSA) is 24.4 Å². The second kappa shape index (κ2) is 8.15. The Morgan fingerprint density at radius 2 is 1.74 bits per heavy atom. The fourth-order valence-corrected chi connectivity index (χ4v) is 3.28. The van der Waals surface area contributed by atoms with Gasteiger partial charge in [-0.3, -0.25) is 5.43 Å². The maximum absolute atomic E-state index is 4.69. The number of rotatable bonds is 8. The molecule has 106 valence electrons. The summed E-state index contributed by atoms with van der Waals surface area (Å²) in [6.07, 6.45) is 6.38. The molecule has 0 saturated carbocycles. The van der Waals surface area contributed by atoms with Crippen molar-refractivity contribution in [2.45, 2.75) is 58.7 Å². The van der Waals surface area contributed by atoms with Crippen molar-refractivity contribution >= 4 is 19.1 Å². The molecule has 0 atom stereocenters. The van der Waals surface area contributed by atoms with Gasteiger partial charge in [0.2, 0.25) is 0 Å². The molecule has 0 unspecified atom stereocenters. The van der Waals surface area contributed by atoms with Gasteiger partial charge in [-0.15, -0.1) is 0 Å². The molecule has 1 aromatic rings. The van der Waals surface area contributed by atoms with Gasteiger partial charge in [0.25, 0.3) is 0 Å². The van der Waals surface area contributed by atoms with Crippen molar-refractivity contribution < 1.29 is 0 Å². The van der Waals surface area contributed by atoms with Crippen LogP contribution >= 0.6 is 0 Å². The zero-order valence-electron chi connectivity index (χ0n) is 12.9. The van der Waals surface area contributed by atoms with Gasteiger partial charge in [-0.1, -0.05) is 64.0 Å². The van der Waals surface area contributed by atoms with Gasteiger partial charge in [0.1, 0.15) is 0 Å². The molecular formula is C16H28N2Si. The lowest BCUT2D eigenvalue weighted by Gasteiger charge is -2.19. The molecule has 1 aromatic carbocycles. The number of anilines is 1. The first-order chi connectivity index (χ1) is 9.04. The van der Waals surface area contributed by atoms with Gasteiger partial charge in [-0.25, -0.2) is 0 Å². The molecule has 2 nitrogen and oxygen atoms in total. The molecule has 0 aliphatic rings. The summed E-state index contributed by atoms with van der Waals surface area (Å²) < 4.78 is 0. The summed E-state index contributed by atoms with van der Waals surface area (Å²) in [6.45, 7) is 9.37. The van der Waals surface area contributed by atoms with Crippen molar-refractivity contribution in [3.63, 3.8) is 0 Å². The van der Waals surface area contributed by atoms with Gasteiger partial charge >= 0.3 is 0 Å². The third-order valence-electron chi connectivity index (χ3n) is 3.23. The molecule has 1 rings (SSSR count). The summed E-state index contributed by atoms with van der Waals surface area (Å²) in [4.78, 5) is 0. The smallest absolute Gasteiger partial charge is 0.0982 e. The Morgan fingerprint density at radius 3 is 2.32 bits per heavy atom. The molecule has 1 N–H and O–H groups in total. The van der Waals surface area contributed by atoms with Crippen molar-refractivity contribution in [2.75, 3.05) is 5.43 Å². The second-order valence-corrected chi connectivity index (χ2v) is 11.2. The van der Waals surface area contributed by atoms with Crippen LogP contribution in [-0.2, 0) is 0 Å². The molecule has 0 amide bonds. The highest BCUT2D eigenvalue weighted by atomic mass is 28.3. The summed E-state index contributed by atoms with van der Waals surface area (Å²) in [5.41, 5.74) is 4.29. The second-order valence-electron chi connectivity index (χ2n) is 6.10. The Balaban J connectivity index is 2.58. The number of nitrogens with one attached hydrogen (secondary N) is 1. The van der Waals surface area contributed by atoms with Crippen molar-refractivity contribution in [1.29, 1.82) is 0 Å². The van der Waals surface area contributed by atoms with Crippen LogP contribution in [0.2, 0.25) is 19.6 Å². The monoisotopic (exact) mass is 276 g/mol. The number of benzene rings is 1. The van der Waals surface area contributed by atoms with Gasteiger partial charge in [0.15, 0.2) is 0 Å². The first-order valence-corrected chi connectivity index (χ1v) is 10.9. The van der Waals surface area contributed by atoms with E-state index < -0.39 is 8.07 Å². The van der Waals surface area contributed by atoms with E-state index in [0.29, 0.717) is 0 Å². The first kappa shape index (κ1) is 16.0. The molecule has 0 spiro atoms. The van der Waals surface area contributed by atoms with E-state index in [4.69, 9.17) is 5.10 Å². The van der Waals surface area contributed by atoms with Crippen LogP contribution in [0.3, 0.4) is 0 Å². The lowest BCUT2D eigenvalue weighted by Crippen LogP contribution is -2.34. The molecular weight excluding hydrogens is 248 g/mol. The van der Waals surface area contributed by atoms with E-state index in [1.54, 1.807) is 0 Å². The maximum atomic E-state index is 4.69. The molecule has 19 heavy (non-hydrogen) atoms. The standard InChI is InChI=1S/C16H28N2Si/c1-5-6-7-11-14-16(19(2,3)4)18-17-15-12-9-8-10-13-15/h8-10,12-13,17H,5-7,11,14H2,1-4H3/b18-16-. The Bertz CT molecular complexity index is 379. The van der Waals surface area contributed by atoms with E-state index in [1.807, 2.05) is 18.2 Å². The third kappa shape index (κ3) is 6.57. The number of hydrogen-bond donors (Lipinski definition) is 1. The Kier molecular flexibility index (Phi) is 6.85. The quantitative estimate of drug-likeness (QED) is 0.296. The van der Waals surface area contributed by atoms with Crippen LogP contribution in [0, 0.1) is 0 Å². The number of para-hydroxylation sites is 1. The van der Waals surface area contributed by atoms with Crippen LogP contribution in [-0.4, -0.2) is 13.4 Å². The van der Waals surface area contributed by atoms with Crippen LogP contribution in [0.25, 0.3) is 0 Å². The molecule has 0 fully saturated rings. The van der Waals surface area contributed by atoms with Crippen LogP contribution in [0.1, 0.15) is 39.0 Å². The van der Waals surface area contributed by atoms with E-state index in [0.717, 1.165) is 12.1 Å².